The van der Waals surface area contributed by atoms with Crippen LogP contribution < -0.4 is 20.7 Å². The van der Waals surface area contributed by atoms with E-state index >= 15 is 0 Å². The zero-order valence-corrected chi connectivity index (χ0v) is 18.4. The summed E-state index contributed by atoms with van der Waals surface area (Å²) in [6.45, 7) is 2.08. The van der Waals surface area contributed by atoms with Crippen LogP contribution in [-0.2, 0) is 11.3 Å². The SMILES string of the molecule is CN=C(NCC(=O)Nc1ccc(F)c(F)c1F)NCc1ccc(C)cc1OC.I. The fourth-order valence-corrected chi connectivity index (χ4v) is 2.38. The number of ether oxygens (including phenoxy) is 1. The number of guanidine groups is 1. The van der Waals surface area contributed by atoms with E-state index in [9.17, 15) is 18.0 Å². The molecule has 0 aromatic heterocycles. The van der Waals surface area contributed by atoms with Crippen LogP contribution in [0.15, 0.2) is 35.3 Å². The Morgan fingerprint density at radius 3 is 2.48 bits per heavy atom. The van der Waals surface area contributed by atoms with Gasteiger partial charge in [0.25, 0.3) is 0 Å². The van der Waals surface area contributed by atoms with Gasteiger partial charge in [-0.15, -0.1) is 24.0 Å². The summed E-state index contributed by atoms with van der Waals surface area (Å²) in [6, 6.07) is 7.43. The second kappa shape index (κ2) is 11.5. The van der Waals surface area contributed by atoms with Crippen molar-refractivity contribution < 1.29 is 22.7 Å². The van der Waals surface area contributed by atoms with Crippen LogP contribution in [0.25, 0.3) is 0 Å². The topological polar surface area (TPSA) is 74.8 Å². The van der Waals surface area contributed by atoms with Crippen LogP contribution in [0.2, 0.25) is 0 Å². The maximum absolute atomic E-state index is 13.6. The van der Waals surface area contributed by atoms with Gasteiger partial charge in [0, 0.05) is 19.2 Å². The number of benzene rings is 2. The lowest BCUT2D eigenvalue weighted by Crippen LogP contribution is -2.41. The molecule has 158 valence electrons. The van der Waals surface area contributed by atoms with Crippen LogP contribution in [0.3, 0.4) is 0 Å². The number of anilines is 1. The first-order valence-electron chi connectivity index (χ1n) is 8.37. The fraction of sp³-hybridized carbons (Fsp3) is 0.263. The van der Waals surface area contributed by atoms with Crippen molar-refractivity contribution in [3.05, 3.63) is 58.9 Å². The third-order valence-corrected chi connectivity index (χ3v) is 3.84. The van der Waals surface area contributed by atoms with E-state index in [2.05, 4.69) is 20.9 Å². The van der Waals surface area contributed by atoms with Gasteiger partial charge in [-0.25, -0.2) is 13.2 Å². The molecule has 0 atom stereocenters. The Bertz CT molecular complexity index is 894. The summed E-state index contributed by atoms with van der Waals surface area (Å²) in [5, 5.41) is 7.94. The highest BCUT2D eigenvalue weighted by Crippen LogP contribution is 2.20. The number of amides is 1. The van der Waals surface area contributed by atoms with E-state index in [-0.39, 0.29) is 30.5 Å². The summed E-state index contributed by atoms with van der Waals surface area (Å²) < 4.78 is 45.1. The van der Waals surface area contributed by atoms with E-state index in [0.717, 1.165) is 29.0 Å². The zero-order valence-electron chi connectivity index (χ0n) is 16.1. The van der Waals surface area contributed by atoms with Gasteiger partial charge in [0.05, 0.1) is 19.3 Å². The van der Waals surface area contributed by atoms with E-state index < -0.39 is 29.0 Å². The number of nitrogens with one attached hydrogen (secondary N) is 3. The molecule has 10 heteroatoms. The third kappa shape index (κ3) is 6.80. The number of methoxy groups -OCH3 is 1. The number of aliphatic imine (C=N–C) groups is 1. The van der Waals surface area contributed by atoms with Crippen molar-refractivity contribution in [1.82, 2.24) is 10.6 Å². The van der Waals surface area contributed by atoms with Crippen LogP contribution in [-0.4, -0.2) is 32.6 Å². The minimum Gasteiger partial charge on any atom is -0.496 e. The molecule has 0 aliphatic rings. The van der Waals surface area contributed by atoms with Crippen LogP contribution >= 0.6 is 24.0 Å². The van der Waals surface area contributed by atoms with Crippen molar-refractivity contribution in [2.75, 3.05) is 26.0 Å². The van der Waals surface area contributed by atoms with Gasteiger partial charge in [0.2, 0.25) is 5.91 Å². The molecule has 3 N–H and O–H groups in total. The van der Waals surface area contributed by atoms with Crippen molar-refractivity contribution in [2.24, 2.45) is 4.99 Å². The van der Waals surface area contributed by atoms with Crippen LogP contribution in [0.1, 0.15) is 11.1 Å². The normalized spacial score (nSPS) is 10.8. The van der Waals surface area contributed by atoms with Crippen molar-refractivity contribution in [2.45, 2.75) is 13.5 Å². The molecule has 1 amide bonds. The van der Waals surface area contributed by atoms with Crippen molar-refractivity contribution in [3.8, 4) is 5.75 Å². The van der Waals surface area contributed by atoms with Gasteiger partial charge in [0.1, 0.15) is 5.75 Å². The van der Waals surface area contributed by atoms with E-state index in [1.165, 1.54) is 7.05 Å². The number of halogens is 4. The summed E-state index contributed by atoms with van der Waals surface area (Å²) in [5.74, 6) is -4.04. The maximum Gasteiger partial charge on any atom is 0.243 e. The first-order valence-corrected chi connectivity index (χ1v) is 8.37. The van der Waals surface area contributed by atoms with Crippen molar-refractivity contribution >= 4 is 41.5 Å². The Morgan fingerprint density at radius 2 is 1.83 bits per heavy atom. The van der Waals surface area contributed by atoms with E-state index in [1.807, 2.05) is 25.1 Å². The predicted molar refractivity (Wildman–Crippen MR) is 116 cm³/mol. The highest BCUT2D eigenvalue weighted by molar-refractivity contribution is 14.0. The smallest absolute Gasteiger partial charge is 0.243 e. The fourth-order valence-electron chi connectivity index (χ4n) is 2.38. The third-order valence-electron chi connectivity index (χ3n) is 3.84. The predicted octanol–water partition coefficient (Wildman–Crippen LogP) is 3.34. The molecule has 29 heavy (non-hydrogen) atoms. The van der Waals surface area contributed by atoms with Gasteiger partial charge in [-0.1, -0.05) is 12.1 Å². The van der Waals surface area contributed by atoms with Gasteiger partial charge < -0.3 is 20.7 Å². The van der Waals surface area contributed by atoms with Crippen molar-refractivity contribution in [1.29, 1.82) is 0 Å². The second-order valence-corrected chi connectivity index (χ2v) is 5.87. The second-order valence-electron chi connectivity index (χ2n) is 5.87. The number of rotatable bonds is 6. The Balaban J connectivity index is 0.00000420. The van der Waals surface area contributed by atoms with E-state index in [4.69, 9.17) is 4.74 Å². The van der Waals surface area contributed by atoms with Crippen LogP contribution in [0.5, 0.6) is 5.75 Å². The molecular formula is C19H22F3IN4O2. The molecule has 0 saturated carbocycles. The molecule has 0 fully saturated rings. The average Bonchev–Trinajstić information content (AvgIpc) is 2.69. The van der Waals surface area contributed by atoms with Crippen molar-refractivity contribution in [3.63, 3.8) is 0 Å². The molecule has 0 saturated heterocycles. The lowest BCUT2D eigenvalue weighted by Gasteiger charge is -2.14. The monoisotopic (exact) mass is 522 g/mol. The van der Waals surface area contributed by atoms with Crippen LogP contribution in [0, 0.1) is 24.4 Å². The summed E-state index contributed by atoms with van der Waals surface area (Å²) in [7, 11) is 3.10. The van der Waals surface area contributed by atoms with Gasteiger partial charge >= 0.3 is 0 Å². The van der Waals surface area contributed by atoms with E-state index in [0.29, 0.717) is 12.5 Å². The highest BCUT2D eigenvalue weighted by Gasteiger charge is 2.15. The Hall–Kier alpha value is -2.50. The summed E-state index contributed by atoms with van der Waals surface area (Å²) in [6.07, 6.45) is 0. The van der Waals surface area contributed by atoms with Gasteiger partial charge in [-0.3, -0.25) is 9.79 Å². The van der Waals surface area contributed by atoms with Gasteiger partial charge in [0.15, 0.2) is 23.4 Å². The van der Waals surface area contributed by atoms with E-state index in [1.54, 1.807) is 7.11 Å². The number of carbonyl (C=O) groups excluding carboxylic acids is 1. The standard InChI is InChI=1S/C19H21F3N4O2.HI/c1-11-4-5-12(15(8-11)28-3)9-24-19(23-2)25-10-16(27)26-14-7-6-13(20)17(21)18(14)22;/h4-8H,9-10H2,1-3H3,(H,26,27)(H2,23,24,25);1H. The number of hydrogen-bond acceptors (Lipinski definition) is 3. The number of hydrogen-bond donors (Lipinski definition) is 3. The number of carbonyl (C=O) groups is 1. The molecule has 0 bridgehead atoms. The first-order chi connectivity index (χ1) is 13.3. The molecule has 6 nitrogen and oxygen atoms in total. The molecule has 0 radical (unpaired) electrons. The number of nitrogens with zero attached hydrogens (tertiary/aromatic N) is 1. The molecule has 0 aliphatic heterocycles. The molecule has 2 aromatic rings. The molecule has 2 rings (SSSR count). The summed E-state index contributed by atoms with van der Waals surface area (Å²) >= 11 is 0. The molecule has 0 heterocycles. The quantitative estimate of drug-likeness (QED) is 0.236. The number of aryl methyl sites for hydroxylation is 1. The summed E-state index contributed by atoms with van der Waals surface area (Å²) in [5.41, 5.74) is 1.51. The average molecular weight is 522 g/mol. The highest BCUT2D eigenvalue weighted by atomic mass is 127. The van der Waals surface area contributed by atoms with Gasteiger partial charge in [-0.05, 0) is 30.7 Å². The first kappa shape index (κ1) is 24.5. The Labute approximate surface area is 184 Å². The Kier molecular flexibility index (Phi) is 9.72. The maximum atomic E-state index is 13.6. The van der Waals surface area contributed by atoms with Crippen LogP contribution in [0.4, 0.5) is 18.9 Å². The molecule has 0 aliphatic carbocycles. The lowest BCUT2D eigenvalue weighted by molar-refractivity contribution is -0.115. The zero-order chi connectivity index (χ0) is 20.7. The minimum absolute atomic E-state index is 0. The van der Waals surface area contributed by atoms with Gasteiger partial charge in [-0.2, -0.15) is 0 Å². The minimum atomic E-state index is -1.64. The summed E-state index contributed by atoms with van der Waals surface area (Å²) in [4.78, 5) is 15.9. The molecule has 0 unspecified atom stereocenters. The Morgan fingerprint density at radius 1 is 1.10 bits per heavy atom. The molecular weight excluding hydrogens is 500 g/mol. The largest absolute Gasteiger partial charge is 0.496 e. The lowest BCUT2D eigenvalue weighted by atomic mass is 10.1. The molecule has 2 aromatic carbocycles. The molecule has 0 spiro atoms.